The first-order valence-electron chi connectivity index (χ1n) is 3.22. The number of halogens is 2. The third kappa shape index (κ3) is 4.31. The van der Waals surface area contributed by atoms with Crippen molar-refractivity contribution in [2.75, 3.05) is 5.34 Å². The van der Waals surface area contributed by atoms with Crippen LogP contribution in [-0.2, 0) is 0 Å². The molecule has 1 aromatic carbocycles. The largest absolute Gasteiger partial charge is 0.508 e. The van der Waals surface area contributed by atoms with Crippen molar-refractivity contribution in [1.29, 1.82) is 0 Å². The third-order valence-electron chi connectivity index (χ3n) is 1.18. The number of aryl methyl sites for hydroxylation is 1. The predicted octanol–water partition coefficient (Wildman–Crippen LogP) is 2.83. The summed E-state index contributed by atoms with van der Waals surface area (Å²) in [5.74, 6) is 0.401. The van der Waals surface area contributed by atoms with Gasteiger partial charge in [0, 0.05) is 0 Å². The lowest BCUT2D eigenvalue weighted by Gasteiger charge is -1.96. The highest BCUT2D eigenvalue weighted by atomic mass is 35.5. The molecule has 0 aliphatic heterocycles. The number of benzene rings is 1. The normalized spacial score (nSPS) is 8.58. The van der Waals surface area contributed by atoms with E-state index in [0.717, 1.165) is 0 Å². The van der Waals surface area contributed by atoms with Crippen LogP contribution in [0.4, 0.5) is 0 Å². The molecule has 0 atom stereocenters. The van der Waals surface area contributed by atoms with E-state index in [1.807, 2.05) is 0 Å². The summed E-state index contributed by atoms with van der Waals surface area (Å²) in [6.45, 7) is 1.73. The molecule has 2 N–H and O–H groups in total. The van der Waals surface area contributed by atoms with E-state index in [0.29, 0.717) is 5.56 Å². The fourth-order valence-electron chi connectivity index (χ4n) is 0.640. The van der Waals surface area contributed by atoms with Crippen molar-refractivity contribution in [3.8, 4) is 11.5 Å². The summed E-state index contributed by atoms with van der Waals surface area (Å²) in [6, 6.07) is 4.42. The average molecular weight is 209 g/mol. The molecule has 12 heavy (non-hydrogen) atoms. The summed E-state index contributed by atoms with van der Waals surface area (Å²) in [5.41, 5.74) is 0.690. The summed E-state index contributed by atoms with van der Waals surface area (Å²) in [5, 5.41) is 18.0. The van der Waals surface area contributed by atoms with Gasteiger partial charge in [-0.2, -0.15) is 0 Å². The van der Waals surface area contributed by atoms with E-state index in [1.165, 1.54) is 18.2 Å². The van der Waals surface area contributed by atoms with Crippen LogP contribution in [0, 0.1) is 6.92 Å². The van der Waals surface area contributed by atoms with Crippen LogP contribution in [0.1, 0.15) is 5.56 Å². The Morgan fingerprint density at radius 2 is 1.75 bits per heavy atom. The van der Waals surface area contributed by atoms with Crippen LogP contribution in [-0.4, -0.2) is 15.6 Å². The minimum Gasteiger partial charge on any atom is -0.508 e. The molecule has 1 rings (SSSR count). The number of phenolic OH excluding ortho intramolecular Hbond substituents is 2. The fraction of sp³-hybridized carbons (Fsp3) is 0.250. The van der Waals surface area contributed by atoms with Gasteiger partial charge in [0.15, 0.2) is 0 Å². The zero-order chi connectivity index (χ0) is 9.56. The van der Waals surface area contributed by atoms with Gasteiger partial charge in [0.1, 0.15) is 11.5 Å². The maximum absolute atomic E-state index is 8.93. The van der Waals surface area contributed by atoms with E-state index in [2.05, 4.69) is 0 Å². The molecule has 0 spiro atoms. The standard InChI is InChI=1S/C7H8O2.CH2Cl2/c1-5-4-6(8)2-3-7(5)9;2-1-3/h2-4,8-9H,1H3;1H2. The Hall–Kier alpha value is -0.600. The molecule has 0 unspecified atom stereocenters. The Bertz CT molecular complexity index is 238. The number of alkyl halides is 2. The number of hydrogen-bond donors (Lipinski definition) is 2. The molecular formula is C8H10Cl2O2. The fourth-order valence-corrected chi connectivity index (χ4v) is 0.640. The molecule has 0 heterocycles. The average Bonchev–Trinajstić information content (AvgIpc) is 1.99. The number of aromatic hydroxyl groups is 2. The minimum atomic E-state index is 0.185. The van der Waals surface area contributed by atoms with Crippen molar-refractivity contribution < 1.29 is 10.2 Å². The lowest BCUT2D eigenvalue weighted by Crippen LogP contribution is -1.71. The van der Waals surface area contributed by atoms with Gasteiger partial charge >= 0.3 is 0 Å². The topological polar surface area (TPSA) is 40.5 Å². The van der Waals surface area contributed by atoms with Crippen molar-refractivity contribution in [3.63, 3.8) is 0 Å². The van der Waals surface area contributed by atoms with E-state index >= 15 is 0 Å². The van der Waals surface area contributed by atoms with Crippen LogP contribution in [0.25, 0.3) is 0 Å². The molecule has 0 aromatic heterocycles. The highest BCUT2D eigenvalue weighted by Crippen LogP contribution is 2.19. The van der Waals surface area contributed by atoms with E-state index in [-0.39, 0.29) is 16.8 Å². The summed E-state index contributed by atoms with van der Waals surface area (Å²) < 4.78 is 0. The van der Waals surface area contributed by atoms with E-state index < -0.39 is 0 Å². The van der Waals surface area contributed by atoms with Crippen molar-refractivity contribution in [2.45, 2.75) is 6.92 Å². The minimum absolute atomic E-state index is 0.185. The smallest absolute Gasteiger partial charge is 0.118 e. The molecule has 0 fully saturated rings. The molecule has 0 radical (unpaired) electrons. The SMILES string of the molecule is Cc1cc(O)ccc1O.ClCCl. The van der Waals surface area contributed by atoms with Crippen LogP contribution >= 0.6 is 23.2 Å². The molecule has 0 amide bonds. The molecule has 0 bridgehead atoms. The summed E-state index contributed by atoms with van der Waals surface area (Å²) in [7, 11) is 0. The van der Waals surface area contributed by atoms with Gasteiger partial charge in [0.05, 0.1) is 5.34 Å². The van der Waals surface area contributed by atoms with Gasteiger partial charge in [-0.15, -0.1) is 23.2 Å². The van der Waals surface area contributed by atoms with Gasteiger partial charge in [-0.05, 0) is 30.7 Å². The molecule has 0 aliphatic rings. The third-order valence-corrected chi connectivity index (χ3v) is 1.18. The Balaban J connectivity index is 0.000000354. The number of hydrogen-bond acceptors (Lipinski definition) is 2. The van der Waals surface area contributed by atoms with Crippen molar-refractivity contribution in [2.24, 2.45) is 0 Å². The molecule has 0 saturated carbocycles. The highest BCUT2D eigenvalue weighted by Gasteiger charge is 1.93. The van der Waals surface area contributed by atoms with Crippen molar-refractivity contribution >= 4 is 23.2 Å². The van der Waals surface area contributed by atoms with Crippen LogP contribution in [0.2, 0.25) is 0 Å². The first-order valence-corrected chi connectivity index (χ1v) is 4.29. The quantitative estimate of drug-likeness (QED) is 0.509. The Morgan fingerprint density at radius 1 is 1.25 bits per heavy atom. The monoisotopic (exact) mass is 208 g/mol. The van der Waals surface area contributed by atoms with E-state index in [9.17, 15) is 0 Å². The zero-order valence-electron chi connectivity index (χ0n) is 6.59. The van der Waals surface area contributed by atoms with Crippen molar-refractivity contribution in [1.82, 2.24) is 0 Å². The zero-order valence-corrected chi connectivity index (χ0v) is 8.10. The molecule has 2 nitrogen and oxygen atoms in total. The number of phenols is 2. The summed E-state index contributed by atoms with van der Waals surface area (Å²) in [4.78, 5) is 0. The first kappa shape index (κ1) is 11.4. The molecule has 4 heteroatoms. The van der Waals surface area contributed by atoms with Gasteiger partial charge in [0.25, 0.3) is 0 Å². The first-order chi connectivity index (χ1) is 5.61. The Kier molecular flexibility index (Phi) is 5.68. The van der Waals surface area contributed by atoms with Gasteiger partial charge < -0.3 is 10.2 Å². The van der Waals surface area contributed by atoms with Crippen LogP contribution in [0.5, 0.6) is 11.5 Å². The lowest BCUT2D eigenvalue weighted by molar-refractivity contribution is 0.456. The summed E-state index contributed by atoms with van der Waals surface area (Å²) in [6.07, 6.45) is 0. The maximum atomic E-state index is 8.93. The van der Waals surface area contributed by atoms with E-state index in [4.69, 9.17) is 33.4 Å². The maximum Gasteiger partial charge on any atom is 0.118 e. The second-order valence-electron chi connectivity index (χ2n) is 2.07. The van der Waals surface area contributed by atoms with Gasteiger partial charge in [-0.1, -0.05) is 0 Å². The van der Waals surface area contributed by atoms with Crippen LogP contribution in [0.3, 0.4) is 0 Å². The molecular weight excluding hydrogens is 199 g/mol. The second-order valence-corrected chi connectivity index (χ2v) is 2.88. The lowest BCUT2D eigenvalue weighted by atomic mass is 10.2. The summed E-state index contributed by atoms with van der Waals surface area (Å²) >= 11 is 9.53. The van der Waals surface area contributed by atoms with E-state index in [1.54, 1.807) is 6.92 Å². The van der Waals surface area contributed by atoms with Gasteiger partial charge in [0.2, 0.25) is 0 Å². The predicted molar refractivity (Wildman–Crippen MR) is 51.1 cm³/mol. The molecule has 0 saturated heterocycles. The highest BCUT2D eigenvalue weighted by molar-refractivity contribution is 6.40. The van der Waals surface area contributed by atoms with Crippen LogP contribution < -0.4 is 0 Å². The van der Waals surface area contributed by atoms with Crippen LogP contribution in [0.15, 0.2) is 18.2 Å². The Morgan fingerprint density at radius 3 is 2.08 bits per heavy atom. The molecule has 68 valence electrons. The van der Waals surface area contributed by atoms with Gasteiger partial charge in [-0.25, -0.2) is 0 Å². The van der Waals surface area contributed by atoms with Crippen molar-refractivity contribution in [3.05, 3.63) is 23.8 Å². The van der Waals surface area contributed by atoms with Gasteiger partial charge in [-0.3, -0.25) is 0 Å². The number of rotatable bonds is 0. The molecule has 1 aromatic rings. The Labute approximate surface area is 81.4 Å². The second kappa shape index (κ2) is 5.98. The molecule has 0 aliphatic carbocycles.